The van der Waals surface area contributed by atoms with Gasteiger partial charge in [-0.05, 0) is 30.5 Å². The maximum Gasteiger partial charge on any atom is 0.0406 e. The van der Waals surface area contributed by atoms with E-state index in [2.05, 4.69) is 48.9 Å². The Morgan fingerprint density at radius 3 is 3.08 bits per heavy atom. The van der Waals surface area contributed by atoms with Gasteiger partial charge < -0.3 is 4.57 Å². The van der Waals surface area contributed by atoms with Crippen molar-refractivity contribution in [3.8, 4) is 0 Å². The number of fused-ring (bicyclic) bond motifs is 1. The Kier molecular flexibility index (Phi) is 1.80. The fraction of sp³-hybridized carbons (Fsp3) is 0.455. The lowest BCUT2D eigenvalue weighted by Crippen LogP contribution is -2.16. The van der Waals surface area contributed by atoms with Crippen molar-refractivity contribution in [3.05, 3.63) is 30.1 Å². The average molecular weight is 161 g/mol. The van der Waals surface area contributed by atoms with E-state index in [1.165, 1.54) is 12.1 Å². The lowest BCUT2D eigenvalue weighted by molar-refractivity contribution is 0.374. The highest BCUT2D eigenvalue weighted by Gasteiger charge is 2.17. The molecule has 0 saturated heterocycles. The van der Waals surface area contributed by atoms with E-state index in [-0.39, 0.29) is 0 Å². The van der Waals surface area contributed by atoms with E-state index in [0.717, 1.165) is 5.92 Å². The molecule has 1 heteroatoms. The molecular weight excluding hydrogens is 146 g/mol. The molecule has 2 heterocycles. The molecular formula is C11H15N. The van der Waals surface area contributed by atoms with Crippen molar-refractivity contribution < 1.29 is 0 Å². The molecule has 0 radical (unpaired) electrons. The summed E-state index contributed by atoms with van der Waals surface area (Å²) in [7, 11) is 0. The fourth-order valence-electron chi connectivity index (χ4n) is 1.89. The molecule has 0 spiro atoms. The number of hydrogen-bond acceptors (Lipinski definition) is 0. The second kappa shape index (κ2) is 2.81. The maximum atomic E-state index is 2.38. The Morgan fingerprint density at radius 2 is 2.33 bits per heavy atom. The summed E-state index contributed by atoms with van der Waals surface area (Å²) in [6.45, 7) is 4.57. The summed E-state index contributed by atoms with van der Waals surface area (Å²) in [4.78, 5) is 0. The normalized spacial score (nSPS) is 21.4. The average Bonchev–Trinajstić information content (AvgIpc) is 2.49. The molecule has 1 aromatic rings. The Morgan fingerprint density at radius 1 is 1.50 bits per heavy atom. The molecule has 0 amide bonds. The minimum Gasteiger partial charge on any atom is -0.344 e. The Balaban J connectivity index is 2.38. The molecule has 0 bridgehead atoms. The summed E-state index contributed by atoms with van der Waals surface area (Å²) in [5.74, 6) is 0.723. The van der Waals surface area contributed by atoms with E-state index >= 15 is 0 Å². The van der Waals surface area contributed by atoms with Gasteiger partial charge in [0.2, 0.25) is 0 Å². The Hall–Kier alpha value is -0.980. The molecule has 0 unspecified atom stereocenters. The molecule has 12 heavy (non-hydrogen) atoms. The van der Waals surface area contributed by atoms with Gasteiger partial charge in [-0.1, -0.05) is 19.9 Å². The molecule has 1 aliphatic rings. The number of rotatable bonds is 1. The molecule has 1 aromatic heterocycles. The van der Waals surface area contributed by atoms with Crippen LogP contribution in [0.4, 0.5) is 0 Å². The number of nitrogens with zero attached hydrogens (tertiary/aromatic N) is 1. The van der Waals surface area contributed by atoms with Crippen molar-refractivity contribution in [2.45, 2.75) is 26.3 Å². The summed E-state index contributed by atoms with van der Waals surface area (Å²) in [6.07, 6.45) is 7.85. The minimum atomic E-state index is 0.667. The summed E-state index contributed by atoms with van der Waals surface area (Å²) in [5.41, 5.74) is 1.35. The second-order valence-corrected chi connectivity index (χ2v) is 3.79. The number of aromatic nitrogens is 1. The molecule has 1 nitrogen and oxygen atoms in total. The van der Waals surface area contributed by atoms with Crippen LogP contribution in [0.15, 0.2) is 24.4 Å². The number of allylic oxidation sites excluding steroid dienone is 1. The van der Waals surface area contributed by atoms with Crippen molar-refractivity contribution in [2.75, 3.05) is 0 Å². The standard InChI is InChI=1S/C11H15N/c1-9(2)11-7-3-5-10-6-4-8-12(10)11/h3-6,8-9,11H,7H2,1-2H3/t11-/m0/s1. The third-order valence-electron chi connectivity index (χ3n) is 2.60. The third kappa shape index (κ3) is 1.09. The first-order valence-corrected chi connectivity index (χ1v) is 4.62. The van der Waals surface area contributed by atoms with E-state index in [4.69, 9.17) is 0 Å². The molecule has 0 saturated carbocycles. The molecule has 0 aliphatic carbocycles. The van der Waals surface area contributed by atoms with Crippen LogP contribution in [0.5, 0.6) is 0 Å². The zero-order valence-electron chi connectivity index (χ0n) is 7.70. The van der Waals surface area contributed by atoms with Crippen LogP contribution < -0.4 is 0 Å². The smallest absolute Gasteiger partial charge is 0.0406 e. The Bertz CT molecular complexity index is 294. The fourth-order valence-corrected chi connectivity index (χ4v) is 1.89. The van der Waals surface area contributed by atoms with Crippen LogP contribution in [0.1, 0.15) is 32.0 Å². The summed E-state index contributed by atoms with van der Waals surface area (Å²) < 4.78 is 2.38. The molecule has 0 aromatic carbocycles. The lowest BCUT2D eigenvalue weighted by Gasteiger charge is -2.26. The first-order chi connectivity index (χ1) is 5.79. The molecule has 1 aliphatic heterocycles. The first-order valence-electron chi connectivity index (χ1n) is 4.62. The van der Waals surface area contributed by atoms with Crippen molar-refractivity contribution in [2.24, 2.45) is 5.92 Å². The summed E-state index contributed by atoms with van der Waals surface area (Å²) in [5, 5.41) is 0. The quantitative estimate of drug-likeness (QED) is 0.596. The SMILES string of the molecule is CC(C)[C@@H]1CC=Cc2cccn21. The van der Waals surface area contributed by atoms with Crippen molar-refractivity contribution >= 4 is 6.08 Å². The van der Waals surface area contributed by atoms with Crippen LogP contribution >= 0.6 is 0 Å². The van der Waals surface area contributed by atoms with Gasteiger partial charge in [-0.3, -0.25) is 0 Å². The van der Waals surface area contributed by atoms with E-state index in [1.807, 2.05) is 0 Å². The largest absolute Gasteiger partial charge is 0.344 e. The van der Waals surface area contributed by atoms with Gasteiger partial charge >= 0.3 is 0 Å². The predicted octanol–water partition coefficient (Wildman–Crippen LogP) is 3.10. The van der Waals surface area contributed by atoms with Crippen molar-refractivity contribution in [1.29, 1.82) is 0 Å². The third-order valence-corrected chi connectivity index (χ3v) is 2.60. The molecule has 2 rings (SSSR count). The lowest BCUT2D eigenvalue weighted by atomic mass is 9.98. The highest BCUT2D eigenvalue weighted by Crippen LogP contribution is 2.28. The first kappa shape index (κ1) is 7.66. The Labute approximate surface area is 73.7 Å². The summed E-state index contributed by atoms with van der Waals surface area (Å²) >= 11 is 0. The summed E-state index contributed by atoms with van der Waals surface area (Å²) in [6, 6.07) is 4.96. The van der Waals surface area contributed by atoms with Gasteiger partial charge in [-0.2, -0.15) is 0 Å². The van der Waals surface area contributed by atoms with Crippen LogP contribution in [0.25, 0.3) is 6.08 Å². The second-order valence-electron chi connectivity index (χ2n) is 3.79. The van der Waals surface area contributed by atoms with E-state index < -0.39 is 0 Å². The van der Waals surface area contributed by atoms with Crippen molar-refractivity contribution in [1.82, 2.24) is 4.57 Å². The van der Waals surface area contributed by atoms with E-state index in [0.29, 0.717) is 6.04 Å². The number of hydrogen-bond donors (Lipinski definition) is 0. The van der Waals surface area contributed by atoms with Gasteiger partial charge in [-0.25, -0.2) is 0 Å². The topological polar surface area (TPSA) is 4.93 Å². The molecule has 0 fully saturated rings. The van der Waals surface area contributed by atoms with Gasteiger partial charge in [0, 0.05) is 17.9 Å². The minimum absolute atomic E-state index is 0.667. The maximum absolute atomic E-state index is 2.38. The van der Waals surface area contributed by atoms with Gasteiger partial charge in [0.05, 0.1) is 0 Å². The highest BCUT2D eigenvalue weighted by molar-refractivity contribution is 5.47. The van der Waals surface area contributed by atoms with Crippen LogP contribution in [0.2, 0.25) is 0 Å². The van der Waals surface area contributed by atoms with Gasteiger partial charge in [-0.15, -0.1) is 0 Å². The monoisotopic (exact) mass is 161 g/mol. The van der Waals surface area contributed by atoms with Crippen molar-refractivity contribution in [3.63, 3.8) is 0 Å². The predicted molar refractivity (Wildman–Crippen MR) is 52.0 cm³/mol. The van der Waals surface area contributed by atoms with Gasteiger partial charge in [0.25, 0.3) is 0 Å². The van der Waals surface area contributed by atoms with Crippen LogP contribution in [-0.2, 0) is 0 Å². The van der Waals surface area contributed by atoms with Crippen LogP contribution in [0.3, 0.4) is 0 Å². The zero-order chi connectivity index (χ0) is 8.55. The van der Waals surface area contributed by atoms with Gasteiger partial charge in [0.1, 0.15) is 0 Å². The van der Waals surface area contributed by atoms with E-state index in [1.54, 1.807) is 0 Å². The van der Waals surface area contributed by atoms with Gasteiger partial charge in [0.15, 0.2) is 0 Å². The molecule has 0 N–H and O–H groups in total. The van der Waals surface area contributed by atoms with Crippen LogP contribution in [0, 0.1) is 5.92 Å². The molecule has 64 valence electrons. The zero-order valence-corrected chi connectivity index (χ0v) is 7.70. The van der Waals surface area contributed by atoms with E-state index in [9.17, 15) is 0 Å². The molecule has 1 atom stereocenters. The van der Waals surface area contributed by atoms with Crippen LogP contribution in [-0.4, -0.2) is 4.57 Å². The highest BCUT2D eigenvalue weighted by atomic mass is 15.0.